The molecule has 1 unspecified atom stereocenters. The van der Waals surface area contributed by atoms with Gasteiger partial charge in [-0.2, -0.15) is 0 Å². The van der Waals surface area contributed by atoms with Gasteiger partial charge in [-0.15, -0.1) is 0 Å². The van der Waals surface area contributed by atoms with E-state index in [1.165, 1.54) is 16.7 Å². The van der Waals surface area contributed by atoms with Crippen LogP contribution in [0.1, 0.15) is 16.7 Å². The third kappa shape index (κ3) is 2.21. The Labute approximate surface area is 92.1 Å². The van der Waals surface area contributed by atoms with Gasteiger partial charge < -0.3 is 10.6 Å². The summed E-state index contributed by atoms with van der Waals surface area (Å²) in [4.78, 5) is 2.38. The van der Waals surface area contributed by atoms with Gasteiger partial charge in [0.05, 0.1) is 0 Å². The summed E-state index contributed by atoms with van der Waals surface area (Å²) >= 11 is 0. The van der Waals surface area contributed by atoms with Gasteiger partial charge in [0.1, 0.15) is 0 Å². The van der Waals surface area contributed by atoms with Crippen LogP contribution in [0.5, 0.6) is 0 Å². The van der Waals surface area contributed by atoms with E-state index in [9.17, 15) is 0 Å². The highest BCUT2D eigenvalue weighted by Crippen LogP contribution is 2.19. The zero-order chi connectivity index (χ0) is 10.8. The van der Waals surface area contributed by atoms with Gasteiger partial charge in [-0.3, -0.25) is 0 Å². The van der Waals surface area contributed by atoms with Crippen molar-refractivity contribution in [3.8, 4) is 0 Å². The van der Waals surface area contributed by atoms with Crippen molar-refractivity contribution in [3.05, 3.63) is 34.9 Å². The summed E-state index contributed by atoms with van der Waals surface area (Å²) in [5, 5.41) is 0. The maximum Gasteiger partial charge on any atom is 0.0255 e. The smallest absolute Gasteiger partial charge is 0.0255 e. The van der Waals surface area contributed by atoms with E-state index in [1.807, 2.05) is 0 Å². The second kappa shape index (κ2) is 4.33. The third-order valence-corrected chi connectivity index (χ3v) is 3.45. The molecule has 0 aliphatic carbocycles. The fourth-order valence-electron chi connectivity index (χ4n) is 2.34. The molecule has 1 heterocycles. The average Bonchev–Trinajstić information content (AvgIpc) is 2.38. The molecule has 2 N–H and O–H groups in total. The Balaban J connectivity index is 2.29. The van der Waals surface area contributed by atoms with Crippen LogP contribution in [0.2, 0.25) is 0 Å². The largest absolute Gasteiger partial charge is 0.329 e. The van der Waals surface area contributed by atoms with Crippen LogP contribution in [0.3, 0.4) is 0 Å². The second-order valence-electron chi connectivity index (χ2n) is 4.60. The zero-order valence-electron chi connectivity index (χ0n) is 9.66. The fourth-order valence-corrected chi connectivity index (χ4v) is 2.34. The van der Waals surface area contributed by atoms with Crippen LogP contribution in [0.15, 0.2) is 18.2 Å². The highest BCUT2D eigenvalue weighted by atomic mass is 15.1. The lowest BCUT2D eigenvalue weighted by molar-refractivity contribution is 0.256. The summed E-state index contributed by atoms with van der Waals surface area (Å²) in [7, 11) is 2.18. The van der Waals surface area contributed by atoms with E-state index < -0.39 is 0 Å². The van der Waals surface area contributed by atoms with Crippen LogP contribution in [0, 0.1) is 6.92 Å². The first kappa shape index (κ1) is 10.7. The molecular weight excluding hydrogens is 184 g/mol. The number of nitrogens with zero attached hydrogens (tertiary/aromatic N) is 1. The molecule has 1 aliphatic heterocycles. The molecule has 1 aromatic rings. The highest BCUT2D eigenvalue weighted by Gasteiger charge is 2.19. The van der Waals surface area contributed by atoms with E-state index in [2.05, 4.69) is 37.1 Å². The van der Waals surface area contributed by atoms with Crippen molar-refractivity contribution in [3.63, 3.8) is 0 Å². The minimum atomic E-state index is 0.508. The van der Waals surface area contributed by atoms with E-state index in [1.54, 1.807) is 0 Å². The van der Waals surface area contributed by atoms with Gasteiger partial charge in [0, 0.05) is 19.1 Å². The number of benzene rings is 1. The fraction of sp³-hybridized carbons (Fsp3) is 0.538. The SMILES string of the molecule is Cc1ccc2c(c1)CCN(C)C(CN)C2. The molecule has 0 saturated heterocycles. The first-order valence-electron chi connectivity index (χ1n) is 5.69. The van der Waals surface area contributed by atoms with Gasteiger partial charge >= 0.3 is 0 Å². The molecule has 2 rings (SSSR count). The Kier molecular flexibility index (Phi) is 3.08. The zero-order valence-corrected chi connectivity index (χ0v) is 9.66. The van der Waals surface area contributed by atoms with Crippen LogP contribution in [0.25, 0.3) is 0 Å². The number of nitrogens with two attached hydrogens (primary N) is 1. The minimum absolute atomic E-state index is 0.508. The predicted molar refractivity (Wildman–Crippen MR) is 64.1 cm³/mol. The van der Waals surface area contributed by atoms with Gasteiger partial charge in [0.2, 0.25) is 0 Å². The first-order chi connectivity index (χ1) is 7.20. The van der Waals surface area contributed by atoms with E-state index in [0.29, 0.717) is 6.04 Å². The Bertz CT molecular complexity index is 346. The van der Waals surface area contributed by atoms with E-state index in [4.69, 9.17) is 5.73 Å². The predicted octanol–water partition coefficient (Wildman–Crippen LogP) is 1.35. The number of fused-ring (bicyclic) bond motifs is 1. The topological polar surface area (TPSA) is 29.3 Å². The molecule has 0 bridgehead atoms. The summed E-state index contributed by atoms with van der Waals surface area (Å²) < 4.78 is 0. The molecule has 1 aliphatic rings. The van der Waals surface area contributed by atoms with Crippen molar-refractivity contribution >= 4 is 0 Å². The molecule has 15 heavy (non-hydrogen) atoms. The number of aryl methyl sites for hydroxylation is 1. The maximum absolute atomic E-state index is 5.81. The minimum Gasteiger partial charge on any atom is -0.329 e. The quantitative estimate of drug-likeness (QED) is 0.748. The summed E-state index contributed by atoms with van der Waals surface area (Å²) in [6, 6.07) is 7.31. The number of rotatable bonds is 1. The molecule has 0 saturated carbocycles. The second-order valence-corrected chi connectivity index (χ2v) is 4.60. The molecule has 0 aromatic heterocycles. The average molecular weight is 204 g/mol. The normalized spacial score (nSPS) is 22.2. The number of hydrogen-bond donors (Lipinski definition) is 1. The molecule has 1 atom stereocenters. The molecule has 2 heteroatoms. The Morgan fingerprint density at radius 2 is 2.20 bits per heavy atom. The van der Waals surface area contributed by atoms with Gasteiger partial charge in [-0.1, -0.05) is 23.8 Å². The van der Waals surface area contributed by atoms with Crippen molar-refractivity contribution in [2.24, 2.45) is 5.73 Å². The van der Waals surface area contributed by atoms with Crippen LogP contribution >= 0.6 is 0 Å². The molecule has 82 valence electrons. The van der Waals surface area contributed by atoms with E-state index in [0.717, 1.165) is 25.9 Å². The molecule has 0 amide bonds. The van der Waals surface area contributed by atoms with Crippen LogP contribution < -0.4 is 5.73 Å². The molecule has 0 spiro atoms. The third-order valence-electron chi connectivity index (χ3n) is 3.45. The molecule has 2 nitrogen and oxygen atoms in total. The van der Waals surface area contributed by atoms with Gasteiger partial charge in [0.25, 0.3) is 0 Å². The standard InChI is InChI=1S/C13H20N2/c1-10-3-4-11-8-13(9-14)15(2)6-5-12(11)7-10/h3-4,7,13H,5-6,8-9,14H2,1-2H3. The Morgan fingerprint density at radius 1 is 1.40 bits per heavy atom. The number of likely N-dealkylation sites (N-methyl/N-ethyl adjacent to an activating group) is 1. The lowest BCUT2D eigenvalue weighted by Gasteiger charge is -2.23. The van der Waals surface area contributed by atoms with Crippen molar-refractivity contribution in [2.45, 2.75) is 25.8 Å². The maximum atomic E-state index is 5.81. The summed E-state index contributed by atoms with van der Waals surface area (Å²) in [5.41, 5.74) is 10.2. The van der Waals surface area contributed by atoms with Crippen molar-refractivity contribution < 1.29 is 0 Å². The van der Waals surface area contributed by atoms with Crippen molar-refractivity contribution in [1.82, 2.24) is 4.90 Å². The van der Waals surface area contributed by atoms with E-state index in [-0.39, 0.29) is 0 Å². The lowest BCUT2D eigenvalue weighted by atomic mass is 9.98. The Morgan fingerprint density at radius 3 is 2.93 bits per heavy atom. The van der Waals surface area contributed by atoms with Crippen LogP contribution in [0.4, 0.5) is 0 Å². The molecule has 0 radical (unpaired) electrons. The molecule has 0 fully saturated rings. The molecular formula is C13H20N2. The van der Waals surface area contributed by atoms with Crippen molar-refractivity contribution in [1.29, 1.82) is 0 Å². The van der Waals surface area contributed by atoms with E-state index >= 15 is 0 Å². The lowest BCUT2D eigenvalue weighted by Crippen LogP contribution is -2.39. The van der Waals surface area contributed by atoms with Crippen LogP contribution in [-0.4, -0.2) is 31.1 Å². The van der Waals surface area contributed by atoms with Crippen molar-refractivity contribution in [2.75, 3.05) is 20.1 Å². The number of hydrogen-bond acceptors (Lipinski definition) is 2. The summed E-state index contributed by atoms with van der Waals surface area (Å²) in [6.45, 7) is 4.04. The molecule has 1 aromatic carbocycles. The van der Waals surface area contributed by atoms with Crippen LogP contribution in [-0.2, 0) is 12.8 Å². The first-order valence-corrected chi connectivity index (χ1v) is 5.69. The summed E-state index contributed by atoms with van der Waals surface area (Å²) in [6.07, 6.45) is 2.26. The summed E-state index contributed by atoms with van der Waals surface area (Å²) in [5.74, 6) is 0. The van der Waals surface area contributed by atoms with Gasteiger partial charge in [-0.05, 0) is 37.9 Å². The Hall–Kier alpha value is -0.860. The monoisotopic (exact) mass is 204 g/mol. The highest BCUT2D eigenvalue weighted by molar-refractivity contribution is 5.33. The van der Waals surface area contributed by atoms with Gasteiger partial charge in [0.15, 0.2) is 0 Å². The van der Waals surface area contributed by atoms with Gasteiger partial charge in [-0.25, -0.2) is 0 Å².